The molecule has 0 aromatic carbocycles. The molecule has 4 aliphatic heterocycles. The molecular weight excluding hydrogens is 583 g/mol. The number of thioether (sulfide) groups is 2. The summed E-state index contributed by atoms with van der Waals surface area (Å²) in [5.74, 6) is -0.862. The van der Waals surface area contributed by atoms with Crippen molar-refractivity contribution in [2.24, 2.45) is 5.16 Å². The number of aliphatic carboxylic acids is 1. The zero-order chi connectivity index (χ0) is 28.4. The Morgan fingerprint density at radius 3 is 2.90 bits per heavy atom. The first kappa shape index (κ1) is 27.8. The Balaban J connectivity index is 1.30. The Morgan fingerprint density at radius 1 is 1.38 bits per heavy atom. The van der Waals surface area contributed by atoms with Crippen LogP contribution in [0.25, 0.3) is 0 Å². The largest absolute Gasteiger partial charge is 0.477 e. The average Bonchev–Trinajstić information content (AvgIpc) is 3.55. The van der Waals surface area contributed by atoms with E-state index >= 15 is 0 Å². The number of β-lactam (4-membered cyclic amide) rings is 1. The molecule has 0 saturated carbocycles. The number of nitrogen functional groups attached to an aromatic ring is 1. The number of amides is 2. The van der Waals surface area contributed by atoms with Crippen LogP contribution in [0.4, 0.5) is 5.13 Å². The third-order valence-corrected chi connectivity index (χ3v) is 8.76. The van der Waals surface area contributed by atoms with Gasteiger partial charge in [-0.1, -0.05) is 5.16 Å². The van der Waals surface area contributed by atoms with Crippen LogP contribution in [-0.2, 0) is 19.2 Å². The van der Waals surface area contributed by atoms with Crippen LogP contribution < -0.4 is 16.5 Å². The van der Waals surface area contributed by atoms with E-state index in [1.807, 2.05) is 29.5 Å². The summed E-state index contributed by atoms with van der Waals surface area (Å²) in [7, 11) is 0. The fourth-order valence-electron chi connectivity index (χ4n) is 4.25. The number of carboxylic acid groups (broad SMARTS) is 1. The quantitative estimate of drug-likeness (QED) is 0.124. The minimum atomic E-state index is -1.22. The van der Waals surface area contributed by atoms with E-state index in [0.717, 1.165) is 22.4 Å². The summed E-state index contributed by atoms with van der Waals surface area (Å²) in [5.41, 5.74) is 9.08. The molecule has 2 atom stereocenters. The molecule has 2 amide bonds. The number of allylic oxidation sites excluding steroid dienone is 2. The molecule has 0 aliphatic carbocycles. The first-order chi connectivity index (χ1) is 19.3. The van der Waals surface area contributed by atoms with Crippen LogP contribution in [0.1, 0.15) is 12.7 Å². The molecule has 0 bridgehead atoms. The van der Waals surface area contributed by atoms with Gasteiger partial charge in [0.15, 0.2) is 5.13 Å². The van der Waals surface area contributed by atoms with Crippen molar-refractivity contribution in [1.82, 2.24) is 34.9 Å². The SMILES string of the molecule is CCO/N=C(\C(=O)N[C@@H]1C(=O)N2C(C(=O)O)=C(CN3C=CN4NC(SCCO)=CC=C34)CS[C@@H]12)c1nsc(N)n1. The van der Waals surface area contributed by atoms with Gasteiger partial charge in [0.1, 0.15) is 29.5 Å². The lowest BCUT2D eigenvalue weighted by atomic mass is 10.0. The summed E-state index contributed by atoms with van der Waals surface area (Å²) >= 11 is 3.72. The fourth-order valence-corrected chi connectivity index (χ4v) is 6.66. The van der Waals surface area contributed by atoms with E-state index < -0.39 is 29.2 Å². The van der Waals surface area contributed by atoms with Gasteiger partial charge in [0.05, 0.1) is 11.6 Å². The number of hydrogen-bond acceptors (Lipinski definition) is 15. The standard InChI is InChI=1S/C22H25N9O6S3/c1-2-37-27-14(17-25-22(23)40-28-17)18(33)24-15-19(34)31-16(21(35)36)11(10-39-20(15)31)9-29-5-6-30-13(29)4-3-12(26-30)38-8-7-32/h3-6,15,20,26,32H,2,7-10H2,1H3,(H,24,33)(H,35,36)(H2,23,25,28)/b27-14-/t15-,20+/m1/s1. The Bertz CT molecular complexity index is 1370. The molecule has 1 aromatic rings. The second-order valence-electron chi connectivity index (χ2n) is 8.47. The fraction of sp³-hybridized carbons (Fsp3) is 0.364. The Kier molecular flexibility index (Phi) is 8.19. The summed E-state index contributed by atoms with van der Waals surface area (Å²) in [4.78, 5) is 50.6. The molecule has 212 valence electrons. The van der Waals surface area contributed by atoms with Crippen molar-refractivity contribution in [2.75, 3.05) is 37.0 Å². The number of nitrogens with zero attached hydrogens (tertiary/aromatic N) is 6. The highest BCUT2D eigenvalue weighted by Gasteiger charge is 2.54. The minimum absolute atomic E-state index is 0.0324. The molecule has 15 nitrogen and oxygen atoms in total. The van der Waals surface area contributed by atoms with Gasteiger partial charge in [-0.3, -0.25) is 19.9 Å². The number of hydrogen-bond donors (Lipinski definition) is 5. The van der Waals surface area contributed by atoms with Gasteiger partial charge >= 0.3 is 5.97 Å². The molecule has 0 spiro atoms. The summed E-state index contributed by atoms with van der Waals surface area (Å²) in [6, 6.07) is -0.969. The van der Waals surface area contributed by atoms with Crippen molar-refractivity contribution in [3.05, 3.63) is 52.5 Å². The van der Waals surface area contributed by atoms with E-state index in [1.54, 1.807) is 11.9 Å². The van der Waals surface area contributed by atoms with E-state index in [2.05, 4.69) is 25.3 Å². The monoisotopic (exact) mass is 607 g/mol. The van der Waals surface area contributed by atoms with Crippen LogP contribution in [0.2, 0.25) is 0 Å². The lowest BCUT2D eigenvalue weighted by molar-refractivity contribution is -0.150. The van der Waals surface area contributed by atoms with Gasteiger partial charge in [0.25, 0.3) is 11.8 Å². The van der Waals surface area contributed by atoms with Gasteiger partial charge in [-0.2, -0.15) is 9.36 Å². The molecule has 40 heavy (non-hydrogen) atoms. The smallest absolute Gasteiger partial charge is 0.352 e. The maximum Gasteiger partial charge on any atom is 0.352 e. The Hall–Kier alpha value is -3.74. The van der Waals surface area contributed by atoms with Gasteiger partial charge in [-0.25, -0.2) is 9.80 Å². The van der Waals surface area contributed by atoms with Gasteiger partial charge in [0.2, 0.25) is 11.5 Å². The zero-order valence-corrected chi connectivity index (χ0v) is 23.5. The predicted octanol–water partition coefficient (Wildman–Crippen LogP) is -0.385. The number of aromatic nitrogens is 2. The average molecular weight is 608 g/mol. The Labute approximate surface area is 240 Å². The van der Waals surface area contributed by atoms with E-state index in [4.69, 9.17) is 15.7 Å². The summed E-state index contributed by atoms with van der Waals surface area (Å²) < 4.78 is 3.99. The predicted molar refractivity (Wildman–Crippen MR) is 149 cm³/mol. The molecule has 1 fully saturated rings. The van der Waals surface area contributed by atoms with Crippen molar-refractivity contribution < 1.29 is 29.4 Å². The normalized spacial score (nSPS) is 21.8. The highest BCUT2D eigenvalue weighted by atomic mass is 32.2. The molecular formula is C22H25N9O6S3. The maximum absolute atomic E-state index is 13.2. The first-order valence-electron chi connectivity index (χ1n) is 12.0. The van der Waals surface area contributed by atoms with Gasteiger partial charge < -0.3 is 31.0 Å². The molecule has 0 unspecified atom stereocenters. The van der Waals surface area contributed by atoms with Gasteiger partial charge in [0, 0.05) is 42.0 Å². The van der Waals surface area contributed by atoms with Crippen LogP contribution in [-0.4, -0.2) is 101 Å². The second-order valence-corrected chi connectivity index (χ2v) is 11.5. The van der Waals surface area contributed by atoms with Crippen molar-refractivity contribution in [3.63, 3.8) is 0 Å². The molecule has 1 saturated heterocycles. The molecule has 1 aromatic heterocycles. The van der Waals surface area contributed by atoms with Crippen LogP contribution in [0.3, 0.4) is 0 Å². The third kappa shape index (κ3) is 5.34. The zero-order valence-electron chi connectivity index (χ0n) is 21.0. The third-order valence-electron chi connectivity index (χ3n) is 5.95. The minimum Gasteiger partial charge on any atom is -0.477 e. The molecule has 5 rings (SSSR count). The highest BCUT2D eigenvalue weighted by Crippen LogP contribution is 2.41. The number of aliphatic hydroxyl groups excluding tert-OH is 1. The highest BCUT2D eigenvalue weighted by molar-refractivity contribution is 8.03. The van der Waals surface area contributed by atoms with Crippen LogP contribution in [0.15, 0.2) is 51.8 Å². The number of hydrazine groups is 1. The topological polar surface area (TPSA) is 199 Å². The number of fused-ring (bicyclic) bond motifs is 2. The van der Waals surface area contributed by atoms with Gasteiger partial charge in [-0.05, 0) is 24.6 Å². The van der Waals surface area contributed by atoms with Gasteiger partial charge in [-0.15, -0.1) is 23.5 Å². The molecule has 4 aliphatic rings. The van der Waals surface area contributed by atoms with E-state index in [0.29, 0.717) is 17.1 Å². The van der Waals surface area contributed by atoms with E-state index in [-0.39, 0.29) is 42.1 Å². The Morgan fingerprint density at radius 2 is 2.20 bits per heavy atom. The van der Waals surface area contributed by atoms with E-state index in [1.165, 1.54) is 28.4 Å². The van der Waals surface area contributed by atoms with Crippen LogP contribution in [0, 0.1) is 0 Å². The number of oxime groups is 1. The van der Waals surface area contributed by atoms with Crippen molar-refractivity contribution in [1.29, 1.82) is 0 Å². The summed E-state index contributed by atoms with van der Waals surface area (Å²) in [5, 5.41) is 27.7. The van der Waals surface area contributed by atoms with Crippen molar-refractivity contribution >= 4 is 63.7 Å². The number of nitrogens with one attached hydrogen (secondary N) is 2. The summed E-state index contributed by atoms with van der Waals surface area (Å²) in [6.45, 7) is 2.19. The number of carboxylic acids is 1. The number of anilines is 1. The number of rotatable bonds is 11. The van der Waals surface area contributed by atoms with Crippen LogP contribution >= 0.6 is 35.1 Å². The number of aliphatic hydroxyl groups is 1. The second kappa shape index (κ2) is 11.8. The lowest BCUT2D eigenvalue weighted by Crippen LogP contribution is -2.71. The molecule has 0 radical (unpaired) electrons. The van der Waals surface area contributed by atoms with Crippen LogP contribution in [0.5, 0.6) is 0 Å². The van der Waals surface area contributed by atoms with Crippen molar-refractivity contribution in [2.45, 2.75) is 18.3 Å². The number of carbonyl (C=O) groups excluding carboxylic acids is 2. The molecule has 18 heteroatoms. The summed E-state index contributed by atoms with van der Waals surface area (Å²) in [6.07, 6.45) is 7.40. The van der Waals surface area contributed by atoms with E-state index in [9.17, 15) is 19.5 Å². The number of carbonyl (C=O) groups is 3. The maximum atomic E-state index is 13.2. The molecule has 6 N–H and O–H groups in total. The van der Waals surface area contributed by atoms with Crippen molar-refractivity contribution in [3.8, 4) is 0 Å². The first-order valence-corrected chi connectivity index (χ1v) is 14.8. The molecule has 5 heterocycles. The lowest BCUT2D eigenvalue weighted by Gasteiger charge is -2.49. The number of nitrogens with two attached hydrogens (primary N) is 1.